The van der Waals surface area contributed by atoms with E-state index in [2.05, 4.69) is 16.0 Å². The zero-order valence-electron chi connectivity index (χ0n) is 21.9. The van der Waals surface area contributed by atoms with E-state index in [1.807, 2.05) is 0 Å². The number of rotatable bonds is 12. The second-order valence-electron chi connectivity index (χ2n) is 10.1. The summed E-state index contributed by atoms with van der Waals surface area (Å²) in [6.07, 6.45) is 0.422. The Labute approximate surface area is 228 Å². The van der Waals surface area contributed by atoms with Crippen LogP contribution in [-0.4, -0.2) is 104 Å². The number of carboxylic acid groups (broad SMARTS) is 1. The molecule has 0 aliphatic carbocycles. The van der Waals surface area contributed by atoms with Crippen LogP contribution in [0.1, 0.15) is 37.7 Å². The van der Waals surface area contributed by atoms with Gasteiger partial charge in [0, 0.05) is 37.9 Å². The van der Waals surface area contributed by atoms with Crippen LogP contribution in [0.4, 0.5) is 9.59 Å². The highest BCUT2D eigenvalue weighted by molar-refractivity contribution is 6.30. The molecular weight excluding hydrogens is 516 g/mol. The van der Waals surface area contributed by atoms with E-state index >= 15 is 0 Å². The van der Waals surface area contributed by atoms with Gasteiger partial charge in [-0.3, -0.25) is 0 Å². The van der Waals surface area contributed by atoms with Crippen LogP contribution in [-0.2, 0) is 15.1 Å². The van der Waals surface area contributed by atoms with Gasteiger partial charge in [0.1, 0.15) is 11.7 Å². The van der Waals surface area contributed by atoms with Crippen molar-refractivity contribution in [1.29, 1.82) is 0 Å². The summed E-state index contributed by atoms with van der Waals surface area (Å²) in [4.78, 5) is 25.8. The molecule has 2 heterocycles. The van der Waals surface area contributed by atoms with Crippen molar-refractivity contribution in [3.63, 3.8) is 0 Å². The molecule has 11 nitrogen and oxygen atoms in total. The molecular formula is C26H41ClN4O7. The second-order valence-corrected chi connectivity index (χ2v) is 10.5. The number of urea groups is 1. The quantitative estimate of drug-likeness (QED) is 0.213. The number of hydrogen-bond acceptors (Lipinski definition) is 7. The van der Waals surface area contributed by atoms with E-state index in [9.17, 15) is 19.8 Å². The fourth-order valence-electron chi connectivity index (χ4n) is 5.19. The molecule has 0 radical (unpaired) electrons. The minimum atomic E-state index is -1.51. The maximum Gasteiger partial charge on any atom is 0.404 e. The molecule has 2 fully saturated rings. The molecule has 1 aromatic carbocycles. The Hall–Kier alpha value is -2.15. The number of carbonyl (C=O) groups excluding carboxylic acids is 1. The molecule has 0 spiro atoms. The van der Waals surface area contributed by atoms with E-state index < -0.39 is 29.9 Å². The number of nitrogens with zero attached hydrogens (tertiary/aromatic N) is 1. The maximum absolute atomic E-state index is 13.4. The summed E-state index contributed by atoms with van der Waals surface area (Å²) in [5.41, 5.74) is -0.971. The lowest BCUT2D eigenvalue weighted by Crippen LogP contribution is -2.59. The van der Waals surface area contributed by atoms with Gasteiger partial charge in [-0.15, -0.1) is 0 Å². The first kappa shape index (κ1) is 30.4. The van der Waals surface area contributed by atoms with Gasteiger partial charge in [0.05, 0.1) is 25.3 Å². The van der Waals surface area contributed by atoms with Gasteiger partial charge in [0.25, 0.3) is 0 Å². The van der Waals surface area contributed by atoms with Crippen LogP contribution < -0.4 is 16.0 Å². The lowest BCUT2D eigenvalue weighted by Gasteiger charge is -2.43. The van der Waals surface area contributed by atoms with Crippen molar-refractivity contribution < 1.29 is 34.4 Å². The largest absolute Gasteiger partial charge is 0.465 e. The summed E-state index contributed by atoms with van der Waals surface area (Å²) in [5.74, 6) is 0.255. The van der Waals surface area contributed by atoms with Crippen molar-refractivity contribution in [3.05, 3.63) is 34.9 Å². The van der Waals surface area contributed by atoms with Crippen LogP contribution in [0.5, 0.6) is 0 Å². The third-order valence-corrected chi connectivity index (χ3v) is 7.49. The van der Waals surface area contributed by atoms with E-state index in [1.54, 1.807) is 36.2 Å². The molecule has 214 valence electrons. The molecule has 0 saturated carbocycles. The Morgan fingerprint density at radius 1 is 1.32 bits per heavy atom. The number of aliphatic hydroxyl groups excluding tert-OH is 1. The monoisotopic (exact) mass is 556 g/mol. The standard InChI is InChI=1S/C26H41ClN4O7/c1-28-15-22(32)21(13-18-5-3-11-37-17-18)30-24(33)31-10-12-38-23(16-31)26(36,8-4-9-29-25(34)35)19-6-2-7-20(27)14-19/h2,6-7,14,18,21-23,28-29,32,36H,3-5,8-13,15-17H2,1H3,(H,30,33)(H,34,35)/t18-,21-,22-,23+,26+/m0/s1. The van der Waals surface area contributed by atoms with Gasteiger partial charge in [-0.25, -0.2) is 9.59 Å². The minimum absolute atomic E-state index is 0.114. The van der Waals surface area contributed by atoms with Crippen LogP contribution in [0.25, 0.3) is 0 Å². The van der Waals surface area contributed by atoms with Gasteiger partial charge in [0.15, 0.2) is 0 Å². The fraction of sp³-hybridized carbons (Fsp3) is 0.692. The zero-order chi connectivity index (χ0) is 27.5. The number of amides is 3. The van der Waals surface area contributed by atoms with E-state index in [0.717, 1.165) is 19.4 Å². The van der Waals surface area contributed by atoms with Crippen molar-refractivity contribution in [1.82, 2.24) is 20.9 Å². The van der Waals surface area contributed by atoms with Crippen LogP contribution in [0.15, 0.2) is 24.3 Å². The lowest BCUT2D eigenvalue weighted by molar-refractivity contribution is -0.146. The molecule has 0 bridgehead atoms. The number of ether oxygens (including phenoxy) is 2. The topological polar surface area (TPSA) is 153 Å². The fourth-order valence-corrected chi connectivity index (χ4v) is 5.38. The molecule has 38 heavy (non-hydrogen) atoms. The first-order valence-corrected chi connectivity index (χ1v) is 13.6. The molecule has 2 aliphatic rings. The Kier molecular flexibility index (Phi) is 11.9. The van der Waals surface area contributed by atoms with Crippen LogP contribution in [0.2, 0.25) is 5.02 Å². The summed E-state index contributed by atoms with van der Waals surface area (Å²) >= 11 is 6.21. The van der Waals surface area contributed by atoms with E-state index in [-0.39, 0.29) is 38.1 Å². The number of halogens is 1. The molecule has 2 aliphatic heterocycles. The highest BCUT2D eigenvalue weighted by atomic mass is 35.5. The SMILES string of the molecule is CNC[C@H](O)[C@H](C[C@@H]1CCCOC1)NC(=O)N1CCO[C@@H]([C@@](O)(CCCNC(=O)O)c2cccc(Cl)c2)C1. The number of likely N-dealkylation sites (N-methyl/N-ethyl adjacent to an activating group) is 1. The summed E-state index contributed by atoms with van der Waals surface area (Å²) in [6.45, 7) is 2.51. The highest BCUT2D eigenvalue weighted by Gasteiger charge is 2.43. The van der Waals surface area contributed by atoms with Crippen molar-refractivity contribution in [2.75, 3.05) is 53.0 Å². The number of hydrogen-bond donors (Lipinski definition) is 6. The molecule has 3 amide bonds. The first-order chi connectivity index (χ1) is 18.2. The molecule has 12 heteroatoms. The van der Waals surface area contributed by atoms with E-state index in [0.29, 0.717) is 43.1 Å². The molecule has 0 aromatic heterocycles. The van der Waals surface area contributed by atoms with Gasteiger partial charge < -0.3 is 45.6 Å². The van der Waals surface area contributed by atoms with Crippen molar-refractivity contribution in [2.45, 2.75) is 56.0 Å². The smallest absolute Gasteiger partial charge is 0.404 e. The lowest BCUT2D eigenvalue weighted by atomic mass is 9.83. The number of nitrogens with one attached hydrogen (secondary N) is 3. The molecule has 1 aromatic rings. The van der Waals surface area contributed by atoms with Crippen molar-refractivity contribution in [3.8, 4) is 0 Å². The molecule has 2 saturated heterocycles. The predicted molar refractivity (Wildman–Crippen MR) is 142 cm³/mol. The van der Waals surface area contributed by atoms with Crippen LogP contribution >= 0.6 is 11.6 Å². The molecule has 6 N–H and O–H groups in total. The Morgan fingerprint density at radius 2 is 2.13 bits per heavy atom. The Balaban J connectivity index is 1.72. The van der Waals surface area contributed by atoms with Crippen molar-refractivity contribution in [2.24, 2.45) is 5.92 Å². The number of carbonyl (C=O) groups is 2. The van der Waals surface area contributed by atoms with Gasteiger partial charge in [-0.05, 0) is 62.8 Å². The Morgan fingerprint density at radius 3 is 2.82 bits per heavy atom. The number of benzene rings is 1. The van der Waals surface area contributed by atoms with Gasteiger partial charge in [0.2, 0.25) is 0 Å². The van der Waals surface area contributed by atoms with E-state index in [1.165, 1.54) is 0 Å². The first-order valence-electron chi connectivity index (χ1n) is 13.3. The second kappa shape index (κ2) is 14.9. The Bertz CT molecular complexity index is 904. The summed E-state index contributed by atoms with van der Waals surface area (Å²) < 4.78 is 11.6. The summed E-state index contributed by atoms with van der Waals surface area (Å²) in [7, 11) is 1.75. The third-order valence-electron chi connectivity index (χ3n) is 7.25. The molecule has 5 atom stereocenters. The van der Waals surface area contributed by atoms with Gasteiger partial charge in [-0.1, -0.05) is 23.7 Å². The average molecular weight is 557 g/mol. The normalized spacial score (nSPS) is 23.2. The maximum atomic E-state index is 13.4. The predicted octanol–water partition coefficient (Wildman–Crippen LogP) is 1.75. The molecule has 3 rings (SSSR count). The minimum Gasteiger partial charge on any atom is -0.465 e. The molecule has 0 unspecified atom stereocenters. The van der Waals surface area contributed by atoms with Gasteiger partial charge in [-0.2, -0.15) is 0 Å². The summed E-state index contributed by atoms with van der Waals surface area (Å²) in [6, 6.07) is 6.04. The zero-order valence-corrected chi connectivity index (χ0v) is 22.7. The van der Waals surface area contributed by atoms with Gasteiger partial charge >= 0.3 is 12.1 Å². The number of aliphatic hydroxyl groups is 2. The third kappa shape index (κ3) is 8.69. The number of morpholine rings is 1. The van der Waals surface area contributed by atoms with Crippen LogP contribution in [0, 0.1) is 5.92 Å². The average Bonchev–Trinajstić information content (AvgIpc) is 2.91. The van der Waals surface area contributed by atoms with E-state index in [4.69, 9.17) is 26.2 Å². The van der Waals surface area contributed by atoms with Crippen molar-refractivity contribution >= 4 is 23.7 Å². The summed E-state index contributed by atoms with van der Waals surface area (Å²) in [5, 5.41) is 40.2. The van der Waals surface area contributed by atoms with Crippen LogP contribution in [0.3, 0.4) is 0 Å². The highest BCUT2D eigenvalue weighted by Crippen LogP contribution is 2.35.